The van der Waals surface area contributed by atoms with Gasteiger partial charge in [0.05, 0.1) is 16.8 Å². The highest BCUT2D eigenvalue weighted by Crippen LogP contribution is 2.40. The molecule has 5 nitrogen and oxygen atoms in total. The van der Waals surface area contributed by atoms with Gasteiger partial charge in [0.2, 0.25) is 5.43 Å². The topological polar surface area (TPSA) is 85.3 Å². The van der Waals surface area contributed by atoms with Crippen molar-refractivity contribution in [3.05, 3.63) is 69.5 Å². The number of aromatic hydroxyl groups is 1. The Morgan fingerprint density at radius 1 is 1.18 bits per heavy atom. The van der Waals surface area contributed by atoms with Gasteiger partial charge >= 0.3 is 6.18 Å². The quantitative estimate of drug-likeness (QED) is 0.710. The third kappa shape index (κ3) is 3.21. The number of aromatic nitrogens is 1. The van der Waals surface area contributed by atoms with Crippen LogP contribution in [0.4, 0.5) is 13.2 Å². The highest BCUT2D eigenvalue weighted by Gasteiger charge is 2.36. The minimum Gasteiger partial charge on any atom is -0.508 e. The standard InChI is InChI=1S/C20H17F3N2O3/c1-10(2)12-7-14(20(21,22)23)16(8-17(12)26)25-9-13(19(24)28)18(27)11-5-3-4-6-15(11)25/h3-10,26H,1-2H3,(H2,24,28). The SMILES string of the molecule is CC(C)c1cc(C(F)(F)F)c(-n2cc(C(N)=O)c(=O)c3ccccc32)cc1O. The van der Waals surface area contributed by atoms with Crippen molar-refractivity contribution in [1.82, 2.24) is 4.57 Å². The number of hydrogen-bond acceptors (Lipinski definition) is 3. The number of benzene rings is 2. The van der Waals surface area contributed by atoms with Gasteiger partial charge in [-0.05, 0) is 29.7 Å². The van der Waals surface area contributed by atoms with Crippen molar-refractivity contribution in [2.24, 2.45) is 5.73 Å². The van der Waals surface area contributed by atoms with E-state index in [4.69, 9.17) is 5.73 Å². The summed E-state index contributed by atoms with van der Waals surface area (Å²) >= 11 is 0. The van der Waals surface area contributed by atoms with Gasteiger partial charge in [0.1, 0.15) is 11.3 Å². The number of fused-ring (bicyclic) bond motifs is 1. The number of carbonyl (C=O) groups is 1. The van der Waals surface area contributed by atoms with Crippen LogP contribution in [0.1, 0.15) is 41.3 Å². The summed E-state index contributed by atoms with van der Waals surface area (Å²) in [6.45, 7) is 3.32. The first-order valence-electron chi connectivity index (χ1n) is 8.41. The highest BCUT2D eigenvalue weighted by molar-refractivity contribution is 5.96. The molecule has 0 saturated carbocycles. The predicted molar refractivity (Wildman–Crippen MR) is 98.8 cm³/mol. The Morgan fingerprint density at radius 2 is 1.82 bits per heavy atom. The number of primary amides is 1. The lowest BCUT2D eigenvalue weighted by molar-refractivity contribution is -0.137. The Kier molecular flexibility index (Phi) is 4.66. The van der Waals surface area contributed by atoms with Gasteiger partial charge in [-0.1, -0.05) is 26.0 Å². The molecule has 1 amide bonds. The largest absolute Gasteiger partial charge is 0.508 e. The number of nitrogens with zero attached hydrogens (tertiary/aromatic N) is 1. The maximum Gasteiger partial charge on any atom is 0.418 e. The molecule has 0 spiro atoms. The lowest BCUT2D eigenvalue weighted by atomic mass is 9.97. The maximum absolute atomic E-state index is 13.8. The van der Waals surface area contributed by atoms with Gasteiger partial charge in [0.25, 0.3) is 5.91 Å². The third-order valence-electron chi connectivity index (χ3n) is 4.51. The van der Waals surface area contributed by atoms with E-state index >= 15 is 0 Å². The molecule has 0 aliphatic rings. The second-order valence-electron chi connectivity index (χ2n) is 6.70. The summed E-state index contributed by atoms with van der Waals surface area (Å²) < 4.78 is 42.5. The second kappa shape index (κ2) is 6.70. The van der Waals surface area contributed by atoms with Gasteiger partial charge in [-0.3, -0.25) is 9.59 Å². The van der Waals surface area contributed by atoms with Crippen LogP contribution < -0.4 is 11.2 Å². The lowest BCUT2D eigenvalue weighted by Crippen LogP contribution is -2.24. The molecule has 1 aromatic heterocycles. The number of phenols is 1. The van der Waals surface area contributed by atoms with E-state index < -0.39 is 34.3 Å². The Balaban J connectivity index is 2.49. The predicted octanol–water partition coefficient (Wildman–Crippen LogP) is 3.94. The zero-order valence-electron chi connectivity index (χ0n) is 15.0. The molecule has 3 rings (SSSR count). The summed E-state index contributed by atoms with van der Waals surface area (Å²) in [5.41, 5.74) is 3.01. The van der Waals surface area contributed by atoms with Crippen LogP contribution in [0.2, 0.25) is 0 Å². The number of phenolic OH excluding ortho intramolecular Hbond substituents is 1. The first-order valence-corrected chi connectivity index (χ1v) is 8.41. The molecule has 0 radical (unpaired) electrons. The minimum atomic E-state index is -4.73. The number of nitrogens with two attached hydrogens (primary N) is 1. The van der Waals surface area contributed by atoms with E-state index in [-0.39, 0.29) is 28.1 Å². The van der Waals surface area contributed by atoms with Crippen molar-refractivity contribution < 1.29 is 23.1 Å². The molecule has 2 aromatic carbocycles. The molecule has 1 heterocycles. The van der Waals surface area contributed by atoms with Gasteiger partial charge in [-0.25, -0.2) is 0 Å². The summed E-state index contributed by atoms with van der Waals surface area (Å²) in [4.78, 5) is 24.1. The molecule has 3 aromatic rings. The molecule has 0 aliphatic carbocycles. The molecule has 0 unspecified atom stereocenters. The van der Waals surface area contributed by atoms with Gasteiger partial charge in [-0.2, -0.15) is 13.2 Å². The summed E-state index contributed by atoms with van der Waals surface area (Å²) in [6.07, 6.45) is -3.75. The number of rotatable bonds is 3. The number of carbonyl (C=O) groups excluding carboxylic acids is 1. The average Bonchev–Trinajstić information content (AvgIpc) is 2.60. The second-order valence-corrected chi connectivity index (χ2v) is 6.70. The van der Waals surface area contributed by atoms with Crippen molar-refractivity contribution in [1.29, 1.82) is 0 Å². The number of amides is 1. The van der Waals surface area contributed by atoms with Crippen molar-refractivity contribution in [2.45, 2.75) is 25.9 Å². The number of pyridine rings is 1. The summed E-state index contributed by atoms with van der Waals surface area (Å²) in [5.74, 6) is -1.72. The maximum atomic E-state index is 13.8. The van der Waals surface area contributed by atoms with Crippen LogP contribution in [0, 0.1) is 0 Å². The van der Waals surface area contributed by atoms with Crippen LogP contribution in [0.25, 0.3) is 16.6 Å². The number of para-hydroxylation sites is 1. The molecule has 8 heteroatoms. The Bertz CT molecular complexity index is 1150. The monoisotopic (exact) mass is 390 g/mol. The van der Waals surface area contributed by atoms with Crippen LogP contribution >= 0.6 is 0 Å². The van der Waals surface area contributed by atoms with Crippen molar-refractivity contribution in [2.75, 3.05) is 0 Å². The highest BCUT2D eigenvalue weighted by atomic mass is 19.4. The molecule has 0 aliphatic heterocycles. The molecular formula is C20H17F3N2O3. The number of alkyl halides is 3. The zero-order valence-corrected chi connectivity index (χ0v) is 15.0. The first kappa shape index (κ1) is 19.5. The van der Waals surface area contributed by atoms with E-state index in [1.165, 1.54) is 18.2 Å². The van der Waals surface area contributed by atoms with Gasteiger partial charge in [0.15, 0.2) is 0 Å². The van der Waals surface area contributed by atoms with Crippen molar-refractivity contribution >= 4 is 16.8 Å². The van der Waals surface area contributed by atoms with Crippen molar-refractivity contribution in [3.63, 3.8) is 0 Å². The number of hydrogen-bond donors (Lipinski definition) is 2. The molecule has 3 N–H and O–H groups in total. The van der Waals surface area contributed by atoms with E-state index in [1.807, 2.05) is 0 Å². The van der Waals surface area contributed by atoms with Crippen LogP contribution in [-0.2, 0) is 6.18 Å². The zero-order chi connectivity index (χ0) is 20.8. The average molecular weight is 390 g/mol. The fraction of sp³-hybridized carbons (Fsp3) is 0.200. The van der Waals surface area contributed by atoms with Gasteiger partial charge in [-0.15, -0.1) is 0 Å². The molecule has 0 saturated heterocycles. The van der Waals surface area contributed by atoms with Crippen LogP contribution in [0.3, 0.4) is 0 Å². The Labute approximate surface area is 157 Å². The van der Waals surface area contributed by atoms with E-state index in [9.17, 15) is 27.9 Å². The third-order valence-corrected chi connectivity index (χ3v) is 4.51. The van der Waals surface area contributed by atoms with E-state index in [0.29, 0.717) is 0 Å². The van der Waals surface area contributed by atoms with Gasteiger partial charge in [0, 0.05) is 17.6 Å². The van der Waals surface area contributed by atoms with Crippen molar-refractivity contribution in [3.8, 4) is 11.4 Å². The van der Waals surface area contributed by atoms with E-state index in [2.05, 4.69) is 0 Å². The van der Waals surface area contributed by atoms with Crippen LogP contribution in [-0.4, -0.2) is 15.6 Å². The van der Waals surface area contributed by atoms with E-state index in [1.54, 1.807) is 19.9 Å². The first-order chi connectivity index (χ1) is 13.0. The van der Waals surface area contributed by atoms with E-state index in [0.717, 1.165) is 22.9 Å². The Morgan fingerprint density at radius 3 is 2.39 bits per heavy atom. The fourth-order valence-corrected chi connectivity index (χ4v) is 3.14. The smallest absolute Gasteiger partial charge is 0.418 e. The normalized spacial score (nSPS) is 11.9. The summed E-state index contributed by atoms with van der Waals surface area (Å²) in [7, 11) is 0. The molecular weight excluding hydrogens is 373 g/mol. The number of halogens is 3. The molecule has 0 bridgehead atoms. The molecule has 0 atom stereocenters. The fourth-order valence-electron chi connectivity index (χ4n) is 3.14. The summed E-state index contributed by atoms with van der Waals surface area (Å²) in [5, 5.41) is 10.3. The minimum absolute atomic E-state index is 0.0411. The molecule has 0 fully saturated rings. The molecule has 146 valence electrons. The molecule has 28 heavy (non-hydrogen) atoms. The van der Waals surface area contributed by atoms with Crippen LogP contribution in [0.15, 0.2) is 47.4 Å². The lowest BCUT2D eigenvalue weighted by Gasteiger charge is -2.21. The summed E-state index contributed by atoms with van der Waals surface area (Å²) in [6, 6.07) is 7.80. The Hall–Kier alpha value is -3.29. The van der Waals surface area contributed by atoms with Gasteiger partial charge < -0.3 is 15.4 Å². The van der Waals surface area contributed by atoms with Crippen LogP contribution in [0.5, 0.6) is 5.75 Å².